The third-order valence-corrected chi connectivity index (χ3v) is 5.23. The minimum Gasteiger partial charge on any atom is -0.381 e. The van der Waals surface area contributed by atoms with Crippen LogP contribution in [-0.4, -0.2) is 30.6 Å². The second-order valence-electron chi connectivity index (χ2n) is 5.01. The van der Waals surface area contributed by atoms with Gasteiger partial charge in [-0.15, -0.1) is 0 Å². The number of hydrogen-bond acceptors (Lipinski definition) is 2. The fraction of sp³-hybridized carbons (Fsp3) is 0.538. The third kappa shape index (κ3) is 2.63. The molecule has 0 amide bonds. The van der Waals surface area contributed by atoms with Gasteiger partial charge < -0.3 is 10.2 Å². The van der Waals surface area contributed by atoms with Crippen molar-refractivity contribution in [3.8, 4) is 0 Å². The highest BCUT2D eigenvalue weighted by Crippen LogP contribution is 2.32. The number of halogens is 2. The number of benzene rings is 1. The van der Waals surface area contributed by atoms with E-state index in [1.165, 1.54) is 46.2 Å². The molecule has 3 rings (SSSR count). The Hall–Kier alpha value is 0.190. The Morgan fingerprint density at radius 1 is 1.29 bits per heavy atom. The number of fused-ring (bicyclic) bond motifs is 2. The van der Waals surface area contributed by atoms with Crippen LogP contribution in [0.2, 0.25) is 0 Å². The molecule has 0 saturated carbocycles. The van der Waals surface area contributed by atoms with E-state index in [1.807, 2.05) is 0 Å². The molecule has 0 aromatic heterocycles. The van der Waals surface area contributed by atoms with Gasteiger partial charge >= 0.3 is 0 Å². The van der Waals surface area contributed by atoms with E-state index in [9.17, 15) is 0 Å². The lowest BCUT2D eigenvalue weighted by Gasteiger charge is -2.32. The molecule has 1 aromatic carbocycles. The van der Waals surface area contributed by atoms with Gasteiger partial charge in [0.1, 0.15) is 0 Å². The summed E-state index contributed by atoms with van der Waals surface area (Å²) in [5.41, 5.74) is 1.25. The highest BCUT2D eigenvalue weighted by atomic mass is 127. The quantitative estimate of drug-likeness (QED) is 0.755. The van der Waals surface area contributed by atoms with Gasteiger partial charge in [0.15, 0.2) is 0 Å². The van der Waals surface area contributed by atoms with Crippen molar-refractivity contribution in [3.05, 3.63) is 26.2 Å². The van der Waals surface area contributed by atoms with Gasteiger partial charge in [-0.25, -0.2) is 0 Å². The summed E-state index contributed by atoms with van der Waals surface area (Å²) in [5, 5.41) is 3.73. The molecular formula is C13H16BrIN2. The standard InChI is InChI=1S/C13H16BrIN2/c14-11-7-10(15)1-2-13(11)16-12-4-6-17-5-3-9(12)8-17/h1-2,7,9,12,16H,3-6,8H2. The van der Waals surface area contributed by atoms with Gasteiger partial charge in [-0.05, 0) is 82.0 Å². The first-order valence-corrected chi connectivity index (χ1v) is 8.03. The van der Waals surface area contributed by atoms with Gasteiger partial charge in [0.25, 0.3) is 0 Å². The minimum atomic E-state index is 0.658. The van der Waals surface area contributed by atoms with Crippen molar-refractivity contribution in [3.63, 3.8) is 0 Å². The zero-order valence-electron chi connectivity index (χ0n) is 9.63. The number of anilines is 1. The fourth-order valence-electron chi connectivity index (χ4n) is 2.95. The van der Waals surface area contributed by atoms with E-state index in [-0.39, 0.29) is 0 Å². The molecule has 2 bridgehead atoms. The minimum absolute atomic E-state index is 0.658. The van der Waals surface area contributed by atoms with Gasteiger partial charge in [0, 0.05) is 32.9 Å². The molecule has 2 fully saturated rings. The second-order valence-corrected chi connectivity index (χ2v) is 7.11. The highest BCUT2D eigenvalue weighted by Gasteiger charge is 2.34. The van der Waals surface area contributed by atoms with Crippen molar-refractivity contribution in [2.24, 2.45) is 5.92 Å². The summed E-state index contributed by atoms with van der Waals surface area (Å²) < 4.78 is 2.46. The molecule has 17 heavy (non-hydrogen) atoms. The summed E-state index contributed by atoms with van der Waals surface area (Å²) in [4.78, 5) is 2.59. The molecule has 4 heteroatoms. The Balaban J connectivity index is 1.73. The number of nitrogens with one attached hydrogen (secondary N) is 1. The van der Waals surface area contributed by atoms with Crippen LogP contribution < -0.4 is 5.32 Å². The molecule has 1 aromatic rings. The van der Waals surface area contributed by atoms with Crippen LogP contribution in [0.1, 0.15) is 12.8 Å². The molecule has 92 valence electrons. The van der Waals surface area contributed by atoms with E-state index in [2.05, 4.69) is 66.9 Å². The van der Waals surface area contributed by atoms with Crippen molar-refractivity contribution in [2.45, 2.75) is 18.9 Å². The topological polar surface area (TPSA) is 15.3 Å². The van der Waals surface area contributed by atoms with E-state index in [0.29, 0.717) is 6.04 Å². The first kappa shape index (κ1) is 12.2. The van der Waals surface area contributed by atoms with Crippen LogP contribution in [0.3, 0.4) is 0 Å². The number of piperidine rings is 1. The molecule has 0 radical (unpaired) electrons. The lowest BCUT2D eigenvalue weighted by atomic mass is 9.94. The first-order chi connectivity index (χ1) is 8.22. The largest absolute Gasteiger partial charge is 0.381 e. The van der Waals surface area contributed by atoms with Crippen molar-refractivity contribution in [1.29, 1.82) is 0 Å². The lowest BCUT2D eigenvalue weighted by Crippen LogP contribution is -2.39. The molecule has 2 saturated heterocycles. The van der Waals surface area contributed by atoms with Crippen LogP contribution in [0.25, 0.3) is 0 Å². The molecule has 2 nitrogen and oxygen atoms in total. The first-order valence-electron chi connectivity index (χ1n) is 6.16. The monoisotopic (exact) mass is 406 g/mol. The lowest BCUT2D eigenvalue weighted by molar-refractivity contribution is 0.255. The Kier molecular flexibility index (Phi) is 3.64. The average molecular weight is 407 g/mol. The predicted molar refractivity (Wildman–Crippen MR) is 83.4 cm³/mol. The summed E-state index contributed by atoms with van der Waals surface area (Å²) in [7, 11) is 0. The van der Waals surface area contributed by atoms with Gasteiger partial charge in [0.2, 0.25) is 0 Å². The van der Waals surface area contributed by atoms with E-state index < -0.39 is 0 Å². The summed E-state index contributed by atoms with van der Waals surface area (Å²) in [6.45, 7) is 3.85. The molecular weight excluding hydrogens is 391 g/mol. The second kappa shape index (κ2) is 5.05. The number of nitrogens with zero attached hydrogens (tertiary/aromatic N) is 1. The van der Waals surface area contributed by atoms with Crippen molar-refractivity contribution >= 4 is 44.2 Å². The molecule has 3 atom stereocenters. The molecule has 0 spiro atoms. The van der Waals surface area contributed by atoms with Crippen LogP contribution in [-0.2, 0) is 0 Å². The SMILES string of the molecule is Brc1cc(I)ccc1NC1CCN2CCC1C2. The van der Waals surface area contributed by atoms with Crippen LogP contribution in [0.5, 0.6) is 0 Å². The average Bonchev–Trinajstić information content (AvgIpc) is 2.69. The van der Waals surface area contributed by atoms with Gasteiger partial charge in [-0.1, -0.05) is 0 Å². The van der Waals surface area contributed by atoms with E-state index >= 15 is 0 Å². The van der Waals surface area contributed by atoms with Crippen molar-refractivity contribution < 1.29 is 0 Å². The Morgan fingerprint density at radius 2 is 2.12 bits per heavy atom. The summed E-state index contributed by atoms with van der Waals surface area (Å²) >= 11 is 6.00. The third-order valence-electron chi connectivity index (χ3n) is 3.91. The van der Waals surface area contributed by atoms with Crippen LogP contribution in [0, 0.1) is 9.49 Å². The smallest absolute Gasteiger partial charge is 0.0487 e. The Morgan fingerprint density at radius 3 is 2.94 bits per heavy atom. The zero-order chi connectivity index (χ0) is 11.8. The molecule has 2 aliphatic rings. The number of hydrogen-bond donors (Lipinski definition) is 1. The molecule has 1 N–H and O–H groups in total. The summed E-state index contributed by atoms with van der Waals surface area (Å²) in [6, 6.07) is 7.18. The Bertz CT molecular complexity index is 424. The van der Waals surface area contributed by atoms with E-state index in [0.717, 1.165) is 5.92 Å². The molecule has 2 aliphatic heterocycles. The molecule has 3 unspecified atom stereocenters. The van der Waals surface area contributed by atoms with Crippen molar-refractivity contribution in [2.75, 3.05) is 25.0 Å². The van der Waals surface area contributed by atoms with Gasteiger partial charge in [0.05, 0.1) is 0 Å². The molecule has 0 aliphatic carbocycles. The van der Waals surface area contributed by atoms with Crippen LogP contribution in [0.4, 0.5) is 5.69 Å². The fourth-order valence-corrected chi connectivity index (χ4v) is 4.36. The predicted octanol–water partition coefficient (Wildman–Crippen LogP) is 3.56. The maximum atomic E-state index is 3.73. The maximum absolute atomic E-state index is 3.73. The van der Waals surface area contributed by atoms with Crippen molar-refractivity contribution in [1.82, 2.24) is 4.90 Å². The van der Waals surface area contributed by atoms with E-state index in [1.54, 1.807) is 0 Å². The number of rotatable bonds is 2. The maximum Gasteiger partial charge on any atom is 0.0487 e. The van der Waals surface area contributed by atoms with Crippen LogP contribution >= 0.6 is 38.5 Å². The summed E-state index contributed by atoms with van der Waals surface area (Å²) in [5.74, 6) is 0.843. The van der Waals surface area contributed by atoms with Gasteiger partial charge in [-0.3, -0.25) is 0 Å². The van der Waals surface area contributed by atoms with Crippen LogP contribution in [0.15, 0.2) is 22.7 Å². The van der Waals surface area contributed by atoms with E-state index in [4.69, 9.17) is 0 Å². The molecule has 2 heterocycles. The Labute approximate surface area is 124 Å². The highest BCUT2D eigenvalue weighted by molar-refractivity contribution is 14.1. The summed E-state index contributed by atoms with van der Waals surface area (Å²) in [6.07, 6.45) is 2.64. The normalized spacial score (nSPS) is 31.5. The van der Waals surface area contributed by atoms with Gasteiger partial charge in [-0.2, -0.15) is 0 Å². The zero-order valence-corrected chi connectivity index (χ0v) is 13.4.